The number of aryl methyl sites for hydroxylation is 1. The van der Waals surface area contributed by atoms with E-state index >= 15 is 0 Å². The summed E-state index contributed by atoms with van der Waals surface area (Å²) in [7, 11) is 0. The average molecular weight is 312 g/mol. The zero-order valence-corrected chi connectivity index (χ0v) is 12.1. The minimum Gasteiger partial charge on any atom is -0.380 e. The van der Waals surface area contributed by atoms with Gasteiger partial charge in [0.1, 0.15) is 5.69 Å². The lowest BCUT2D eigenvalue weighted by Gasteiger charge is -2.00. The number of H-pyrrole nitrogens is 1. The number of nitrogens with zero attached hydrogens (tertiary/aromatic N) is 4. The van der Waals surface area contributed by atoms with Gasteiger partial charge in [0.25, 0.3) is 5.56 Å². The van der Waals surface area contributed by atoms with Gasteiger partial charge in [-0.2, -0.15) is 4.52 Å². The number of hydrogen-bond acceptors (Lipinski definition) is 5. The molecule has 0 spiro atoms. The van der Waals surface area contributed by atoms with Gasteiger partial charge in [-0.1, -0.05) is 12.1 Å². The first-order valence-electron chi connectivity index (χ1n) is 7.23. The van der Waals surface area contributed by atoms with E-state index in [-0.39, 0.29) is 22.8 Å². The normalized spacial score (nSPS) is 14.0. The Balaban J connectivity index is 1.88. The summed E-state index contributed by atoms with van der Waals surface area (Å²) in [6, 6.07) is 6.02. The number of nitrogen functional groups attached to an aromatic ring is 1. The van der Waals surface area contributed by atoms with E-state index in [1.165, 1.54) is 16.6 Å². The Morgan fingerprint density at radius 1 is 1.26 bits per heavy atom. The third-order valence-corrected chi connectivity index (χ3v) is 3.93. The van der Waals surface area contributed by atoms with Crippen molar-refractivity contribution in [1.82, 2.24) is 14.6 Å². The van der Waals surface area contributed by atoms with E-state index in [9.17, 15) is 9.18 Å². The average Bonchev–Trinajstić information content (AvgIpc) is 3.12. The summed E-state index contributed by atoms with van der Waals surface area (Å²) in [6.07, 6.45) is 2.46. The molecule has 4 rings (SSSR count). The molecule has 23 heavy (non-hydrogen) atoms. The van der Waals surface area contributed by atoms with Crippen LogP contribution in [0.1, 0.15) is 17.7 Å². The van der Waals surface area contributed by atoms with Gasteiger partial charge in [-0.25, -0.2) is 4.39 Å². The molecule has 0 unspecified atom stereocenters. The predicted molar refractivity (Wildman–Crippen MR) is 82.8 cm³/mol. The van der Waals surface area contributed by atoms with Crippen molar-refractivity contribution in [2.75, 3.05) is 5.73 Å². The largest absolute Gasteiger partial charge is 0.380 e. The standard InChI is InChI=1S/C15H13FN6O/c16-9-5-1-2-6-11(9)19-20-12-13(17)21-22-14(12)18-10-7-3-4-8(10)15(22)23/h1-2,5-6,18H,3-4,7H2,(H2,17,21). The maximum atomic E-state index is 13.6. The van der Waals surface area contributed by atoms with Crippen molar-refractivity contribution in [2.24, 2.45) is 10.2 Å². The Morgan fingerprint density at radius 3 is 2.91 bits per heavy atom. The van der Waals surface area contributed by atoms with Crippen LogP contribution in [0.5, 0.6) is 0 Å². The second-order valence-electron chi connectivity index (χ2n) is 5.39. The Kier molecular flexibility index (Phi) is 2.97. The lowest BCUT2D eigenvalue weighted by Crippen LogP contribution is -2.20. The molecule has 2 heterocycles. The molecule has 0 atom stereocenters. The third kappa shape index (κ3) is 2.10. The van der Waals surface area contributed by atoms with Crippen molar-refractivity contribution in [3.63, 3.8) is 0 Å². The van der Waals surface area contributed by atoms with E-state index in [4.69, 9.17) is 5.73 Å². The van der Waals surface area contributed by atoms with Gasteiger partial charge in [0.2, 0.25) is 0 Å². The van der Waals surface area contributed by atoms with Gasteiger partial charge < -0.3 is 10.7 Å². The molecule has 1 aliphatic rings. The van der Waals surface area contributed by atoms with Crippen LogP contribution in [-0.4, -0.2) is 14.6 Å². The summed E-state index contributed by atoms with van der Waals surface area (Å²) < 4.78 is 14.8. The first-order chi connectivity index (χ1) is 11.1. The highest BCUT2D eigenvalue weighted by Gasteiger charge is 2.21. The molecule has 0 fully saturated rings. The maximum Gasteiger partial charge on any atom is 0.277 e. The van der Waals surface area contributed by atoms with Crippen LogP contribution in [0.4, 0.5) is 21.6 Å². The molecule has 7 nitrogen and oxygen atoms in total. The Labute approximate surface area is 129 Å². The lowest BCUT2D eigenvalue weighted by molar-refractivity contribution is 0.628. The molecule has 1 aliphatic carbocycles. The molecule has 1 aromatic carbocycles. The number of nitrogens with two attached hydrogens (primary N) is 1. The number of azo groups is 1. The van der Waals surface area contributed by atoms with Gasteiger partial charge in [-0.05, 0) is 31.4 Å². The van der Waals surface area contributed by atoms with E-state index in [2.05, 4.69) is 20.3 Å². The van der Waals surface area contributed by atoms with Crippen LogP contribution in [0.15, 0.2) is 39.3 Å². The quantitative estimate of drug-likeness (QED) is 0.711. The van der Waals surface area contributed by atoms with Gasteiger partial charge in [-0.15, -0.1) is 15.3 Å². The molecule has 3 N–H and O–H groups in total. The molecule has 0 saturated heterocycles. The Bertz CT molecular complexity index is 1000. The zero-order valence-electron chi connectivity index (χ0n) is 12.1. The number of nitrogens with one attached hydrogen (secondary N) is 1. The van der Waals surface area contributed by atoms with Crippen LogP contribution in [-0.2, 0) is 12.8 Å². The van der Waals surface area contributed by atoms with Gasteiger partial charge in [0.15, 0.2) is 23.0 Å². The van der Waals surface area contributed by atoms with Crippen LogP contribution in [0.3, 0.4) is 0 Å². The molecule has 0 radical (unpaired) electrons. The lowest BCUT2D eigenvalue weighted by atomic mass is 10.2. The number of aromatic amines is 1. The van der Waals surface area contributed by atoms with Gasteiger partial charge in [0, 0.05) is 11.3 Å². The van der Waals surface area contributed by atoms with Crippen molar-refractivity contribution < 1.29 is 4.39 Å². The molecular formula is C15H13FN6O. The van der Waals surface area contributed by atoms with Crippen LogP contribution in [0.2, 0.25) is 0 Å². The number of benzene rings is 1. The van der Waals surface area contributed by atoms with Crippen molar-refractivity contribution >= 4 is 22.8 Å². The van der Waals surface area contributed by atoms with Crippen molar-refractivity contribution in [1.29, 1.82) is 0 Å². The fraction of sp³-hybridized carbons (Fsp3) is 0.200. The Morgan fingerprint density at radius 2 is 2.09 bits per heavy atom. The predicted octanol–water partition coefficient (Wildman–Crippen LogP) is 2.65. The highest BCUT2D eigenvalue weighted by molar-refractivity contribution is 5.75. The number of fused-ring (bicyclic) bond motifs is 2. The topological polar surface area (TPSA) is 101 Å². The highest BCUT2D eigenvalue weighted by Crippen LogP contribution is 2.29. The van der Waals surface area contributed by atoms with Gasteiger partial charge >= 0.3 is 0 Å². The molecule has 3 aromatic rings. The molecular weight excluding hydrogens is 299 g/mol. The van der Waals surface area contributed by atoms with Crippen LogP contribution >= 0.6 is 0 Å². The second kappa shape index (κ2) is 5.01. The SMILES string of the molecule is Nc1nn2c(=O)c3c([nH]c2c1N=Nc1ccccc1F)CCC3. The molecule has 0 bridgehead atoms. The van der Waals surface area contributed by atoms with Crippen molar-refractivity contribution in [3.8, 4) is 0 Å². The van der Waals surface area contributed by atoms with E-state index in [1.807, 2.05) is 0 Å². The monoisotopic (exact) mass is 312 g/mol. The van der Waals surface area contributed by atoms with Gasteiger partial charge in [0.05, 0.1) is 0 Å². The molecule has 8 heteroatoms. The van der Waals surface area contributed by atoms with Gasteiger partial charge in [-0.3, -0.25) is 4.79 Å². The molecule has 0 saturated carbocycles. The number of aromatic nitrogens is 3. The number of rotatable bonds is 2. The number of anilines is 1. The van der Waals surface area contributed by atoms with Crippen molar-refractivity contribution in [2.45, 2.75) is 19.3 Å². The second-order valence-corrected chi connectivity index (χ2v) is 5.39. The molecule has 2 aromatic heterocycles. The number of halogens is 1. The van der Waals surface area contributed by atoms with E-state index in [1.54, 1.807) is 12.1 Å². The minimum absolute atomic E-state index is 0.0714. The first-order valence-corrected chi connectivity index (χ1v) is 7.23. The fourth-order valence-corrected chi connectivity index (χ4v) is 2.81. The smallest absolute Gasteiger partial charge is 0.277 e. The molecule has 0 amide bonds. The van der Waals surface area contributed by atoms with E-state index < -0.39 is 5.82 Å². The van der Waals surface area contributed by atoms with E-state index in [0.717, 1.165) is 30.5 Å². The molecule has 116 valence electrons. The fourth-order valence-electron chi connectivity index (χ4n) is 2.81. The Hall–Kier alpha value is -3.03. The first kappa shape index (κ1) is 13.6. The number of hydrogen-bond donors (Lipinski definition) is 2. The summed E-state index contributed by atoms with van der Waals surface area (Å²) in [5.74, 6) is -0.414. The third-order valence-electron chi connectivity index (χ3n) is 3.93. The zero-order chi connectivity index (χ0) is 16.0. The minimum atomic E-state index is -0.485. The summed E-state index contributed by atoms with van der Waals surface area (Å²) >= 11 is 0. The summed E-state index contributed by atoms with van der Waals surface area (Å²) in [5, 5.41) is 11.9. The van der Waals surface area contributed by atoms with Crippen LogP contribution in [0.25, 0.3) is 5.65 Å². The maximum absolute atomic E-state index is 13.6. The van der Waals surface area contributed by atoms with Crippen LogP contribution in [0, 0.1) is 5.82 Å². The van der Waals surface area contributed by atoms with Crippen molar-refractivity contribution in [3.05, 3.63) is 51.7 Å². The summed E-state index contributed by atoms with van der Waals surface area (Å²) in [4.78, 5) is 15.6. The van der Waals surface area contributed by atoms with E-state index in [0.29, 0.717) is 5.65 Å². The summed E-state index contributed by atoms with van der Waals surface area (Å²) in [5.41, 5.74) is 7.98. The summed E-state index contributed by atoms with van der Waals surface area (Å²) in [6.45, 7) is 0. The highest BCUT2D eigenvalue weighted by atomic mass is 19.1. The molecule has 0 aliphatic heterocycles. The van der Waals surface area contributed by atoms with Crippen LogP contribution < -0.4 is 11.3 Å².